The topological polar surface area (TPSA) is 69.0 Å². The van der Waals surface area contributed by atoms with Crippen molar-refractivity contribution in [1.29, 1.82) is 0 Å². The van der Waals surface area contributed by atoms with Crippen molar-refractivity contribution in [3.63, 3.8) is 0 Å². The van der Waals surface area contributed by atoms with Crippen LogP contribution in [0, 0.1) is 0 Å². The van der Waals surface area contributed by atoms with Gasteiger partial charge in [0.1, 0.15) is 5.75 Å². The Morgan fingerprint density at radius 1 is 1.08 bits per heavy atom. The molecular weight excluding hydrogens is 316 g/mol. The van der Waals surface area contributed by atoms with E-state index in [2.05, 4.69) is 22.6 Å². The first-order valence-electron chi connectivity index (χ1n) is 8.12. The summed E-state index contributed by atoms with van der Waals surface area (Å²) in [7, 11) is 1.62. The predicted octanol–water partition coefficient (Wildman–Crippen LogP) is 2.77. The van der Waals surface area contributed by atoms with E-state index in [1.54, 1.807) is 18.0 Å². The molecule has 128 valence electrons. The number of benzene rings is 2. The minimum atomic E-state index is -0.257. The highest BCUT2D eigenvalue weighted by Gasteiger charge is 2.11. The molecule has 2 aromatic carbocycles. The lowest BCUT2D eigenvalue weighted by Gasteiger charge is -2.04. The van der Waals surface area contributed by atoms with Crippen LogP contribution < -0.4 is 10.1 Å². The maximum atomic E-state index is 12.2. The molecule has 0 atom stereocenters. The summed E-state index contributed by atoms with van der Waals surface area (Å²) in [6.45, 7) is 2.52. The zero-order valence-electron chi connectivity index (χ0n) is 14.3. The number of ether oxygens (including phenoxy) is 1. The number of aryl methyl sites for hydroxylation is 1. The molecule has 1 heterocycles. The number of amides is 1. The monoisotopic (exact) mass is 336 g/mol. The fourth-order valence-corrected chi connectivity index (χ4v) is 2.39. The third-order valence-corrected chi connectivity index (χ3v) is 3.95. The third kappa shape index (κ3) is 4.03. The lowest BCUT2D eigenvalue weighted by atomic mass is 10.1. The zero-order valence-corrected chi connectivity index (χ0v) is 14.3. The minimum Gasteiger partial charge on any atom is -0.497 e. The van der Waals surface area contributed by atoms with E-state index in [1.807, 2.05) is 48.5 Å². The van der Waals surface area contributed by atoms with Crippen molar-refractivity contribution >= 4 is 5.91 Å². The van der Waals surface area contributed by atoms with Gasteiger partial charge in [-0.2, -0.15) is 0 Å². The van der Waals surface area contributed by atoms with Crippen LogP contribution in [0.5, 0.6) is 5.75 Å². The van der Waals surface area contributed by atoms with Gasteiger partial charge in [0.2, 0.25) is 0 Å². The molecule has 0 aliphatic rings. The summed E-state index contributed by atoms with van der Waals surface area (Å²) in [4.78, 5) is 12.2. The number of carbonyl (C=O) groups excluding carboxylic acids is 1. The van der Waals surface area contributed by atoms with Crippen molar-refractivity contribution in [1.82, 2.24) is 20.3 Å². The van der Waals surface area contributed by atoms with Crippen LogP contribution in [0.4, 0.5) is 0 Å². The molecule has 1 amide bonds. The van der Waals surface area contributed by atoms with E-state index in [9.17, 15) is 4.79 Å². The van der Waals surface area contributed by atoms with Crippen molar-refractivity contribution in [2.24, 2.45) is 0 Å². The average molecular weight is 336 g/mol. The fourth-order valence-electron chi connectivity index (χ4n) is 2.39. The van der Waals surface area contributed by atoms with Gasteiger partial charge in [-0.3, -0.25) is 4.79 Å². The van der Waals surface area contributed by atoms with Crippen molar-refractivity contribution in [2.45, 2.75) is 19.9 Å². The van der Waals surface area contributed by atoms with Crippen LogP contribution in [0.15, 0.2) is 54.7 Å². The molecule has 3 aromatic rings. The number of hydrogen-bond acceptors (Lipinski definition) is 4. The quantitative estimate of drug-likeness (QED) is 0.751. The molecule has 0 fully saturated rings. The summed E-state index contributed by atoms with van der Waals surface area (Å²) in [5, 5.41) is 10.8. The normalized spacial score (nSPS) is 10.5. The molecule has 0 aliphatic heterocycles. The number of rotatable bonds is 6. The predicted molar refractivity (Wildman–Crippen MR) is 94.9 cm³/mol. The lowest BCUT2D eigenvalue weighted by Crippen LogP contribution is -2.23. The first-order valence-corrected chi connectivity index (χ1v) is 8.12. The van der Waals surface area contributed by atoms with Gasteiger partial charge in [-0.05, 0) is 41.8 Å². The Hall–Kier alpha value is -3.15. The van der Waals surface area contributed by atoms with Crippen LogP contribution in [-0.4, -0.2) is 28.0 Å². The standard InChI is InChI=1S/C19H20N4O2/c1-3-14-4-8-16(9-5-14)23-13-18(21-22-23)19(24)20-12-15-6-10-17(25-2)11-7-15/h4-11,13H,3,12H2,1-2H3,(H,20,24). The fraction of sp³-hybridized carbons (Fsp3) is 0.211. The molecular formula is C19H20N4O2. The molecule has 3 rings (SSSR count). The third-order valence-electron chi connectivity index (χ3n) is 3.95. The van der Waals surface area contributed by atoms with Crippen molar-refractivity contribution in [3.05, 3.63) is 71.5 Å². The highest BCUT2D eigenvalue weighted by molar-refractivity contribution is 5.91. The number of nitrogens with zero attached hydrogens (tertiary/aromatic N) is 3. The maximum absolute atomic E-state index is 12.2. The van der Waals surface area contributed by atoms with E-state index < -0.39 is 0 Å². The van der Waals surface area contributed by atoms with Gasteiger partial charge in [0, 0.05) is 6.54 Å². The van der Waals surface area contributed by atoms with E-state index in [1.165, 1.54) is 5.56 Å². The Morgan fingerprint density at radius 3 is 2.40 bits per heavy atom. The Bertz CT molecular complexity index is 839. The second-order valence-corrected chi connectivity index (χ2v) is 5.60. The maximum Gasteiger partial charge on any atom is 0.273 e. The highest BCUT2D eigenvalue weighted by atomic mass is 16.5. The van der Waals surface area contributed by atoms with Crippen LogP contribution >= 0.6 is 0 Å². The number of hydrogen-bond donors (Lipinski definition) is 1. The molecule has 0 radical (unpaired) electrons. The first kappa shape index (κ1) is 16.7. The van der Waals surface area contributed by atoms with Gasteiger partial charge in [0.05, 0.1) is 19.0 Å². The highest BCUT2D eigenvalue weighted by Crippen LogP contribution is 2.12. The van der Waals surface area contributed by atoms with Gasteiger partial charge in [-0.1, -0.05) is 36.4 Å². The smallest absolute Gasteiger partial charge is 0.273 e. The molecule has 6 heteroatoms. The summed E-state index contributed by atoms with van der Waals surface area (Å²) >= 11 is 0. The molecule has 0 unspecified atom stereocenters. The summed E-state index contributed by atoms with van der Waals surface area (Å²) in [6, 6.07) is 15.5. The summed E-state index contributed by atoms with van der Waals surface area (Å²) in [6.07, 6.45) is 2.61. The van der Waals surface area contributed by atoms with E-state index in [4.69, 9.17) is 4.74 Å². The molecule has 0 bridgehead atoms. The molecule has 0 spiro atoms. The summed E-state index contributed by atoms with van der Waals surface area (Å²) in [5.41, 5.74) is 3.39. The summed E-state index contributed by atoms with van der Waals surface area (Å²) < 4.78 is 6.71. The van der Waals surface area contributed by atoms with E-state index in [0.29, 0.717) is 6.54 Å². The first-order chi connectivity index (χ1) is 12.2. The molecule has 0 saturated heterocycles. The van der Waals surface area contributed by atoms with Crippen LogP contribution in [-0.2, 0) is 13.0 Å². The molecule has 25 heavy (non-hydrogen) atoms. The zero-order chi connectivity index (χ0) is 17.6. The second-order valence-electron chi connectivity index (χ2n) is 5.60. The van der Waals surface area contributed by atoms with Crippen molar-refractivity contribution in [2.75, 3.05) is 7.11 Å². The van der Waals surface area contributed by atoms with Crippen LogP contribution in [0.1, 0.15) is 28.5 Å². The van der Waals surface area contributed by atoms with Crippen molar-refractivity contribution in [3.8, 4) is 11.4 Å². The van der Waals surface area contributed by atoms with Gasteiger partial charge in [0.25, 0.3) is 5.91 Å². The van der Waals surface area contributed by atoms with Crippen molar-refractivity contribution < 1.29 is 9.53 Å². The van der Waals surface area contributed by atoms with Gasteiger partial charge >= 0.3 is 0 Å². The summed E-state index contributed by atoms with van der Waals surface area (Å²) in [5.74, 6) is 0.527. The van der Waals surface area contributed by atoms with Gasteiger partial charge < -0.3 is 10.1 Å². The largest absolute Gasteiger partial charge is 0.497 e. The Labute approximate surface area is 146 Å². The van der Waals surface area contributed by atoms with Crippen LogP contribution in [0.2, 0.25) is 0 Å². The van der Waals surface area contributed by atoms with E-state index in [0.717, 1.165) is 23.4 Å². The van der Waals surface area contributed by atoms with Crippen LogP contribution in [0.3, 0.4) is 0 Å². The number of carbonyl (C=O) groups is 1. The van der Waals surface area contributed by atoms with Gasteiger partial charge in [-0.25, -0.2) is 4.68 Å². The average Bonchev–Trinajstić information content (AvgIpc) is 3.17. The van der Waals surface area contributed by atoms with Gasteiger partial charge in [-0.15, -0.1) is 5.10 Å². The SMILES string of the molecule is CCc1ccc(-n2cc(C(=O)NCc3ccc(OC)cc3)nn2)cc1. The minimum absolute atomic E-state index is 0.257. The molecule has 0 saturated carbocycles. The Kier molecular flexibility index (Phi) is 5.09. The molecule has 6 nitrogen and oxygen atoms in total. The second kappa shape index (κ2) is 7.61. The number of aromatic nitrogens is 3. The molecule has 0 aliphatic carbocycles. The lowest BCUT2D eigenvalue weighted by molar-refractivity contribution is 0.0946. The Morgan fingerprint density at radius 2 is 1.76 bits per heavy atom. The number of methoxy groups -OCH3 is 1. The van der Waals surface area contributed by atoms with E-state index >= 15 is 0 Å². The Balaban J connectivity index is 1.63. The van der Waals surface area contributed by atoms with E-state index in [-0.39, 0.29) is 11.6 Å². The number of nitrogens with one attached hydrogen (secondary N) is 1. The molecule has 1 N–H and O–H groups in total. The van der Waals surface area contributed by atoms with Crippen LogP contribution in [0.25, 0.3) is 5.69 Å². The van der Waals surface area contributed by atoms with Gasteiger partial charge in [0.15, 0.2) is 5.69 Å². The molecule has 1 aromatic heterocycles.